The van der Waals surface area contributed by atoms with Crippen molar-refractivity contribution < 1.29 is 4.74 Å². The van der Waals surface area contributed by atoms with Gasteiger partial charge in [0.1, 0.15) is 5.75 Å². The van der Waals surface area contributed by atoms with E-state index in [-0.39, 0.29) is 5.54 Å². The van der Waals surface area contributed by atoms with E-state index in [2.05, 4.69) is 13.0 Å². The Morgan fingerprint density at radius 2 is 1.94 bits per heavy atom. The van der Waals surface area contributed by atoms with Gasteiger partial charge in [-0.25, -0.2) is 0 Å². The van der Waals surface area contributed by atoms with Crippen LogP contribution >= 0.6 is 11.6 Å². The first-order valence-electron chi connectivity index (χ1n) is 5.62. The van der Waals surface area contributed by atoms with Crippen molar-refractivity contribution in [3.8, 4) is 5.75 Å². The number of hydrogen-bond donors (Lipinski definition) is 1. The summed E-state index contributed by atoms with van der Waals surface area (Å²) in [4.78, 5) is 0. The second-order valence-corrected chi connectivity index (χ2v) is 5.12. The molecule has 0 radical (unpaired) electrons. The van der Waals surface area contributed by atoms with Gasteiger partial charge in [0.15, 0.2) is 0 Å². The van der Waals surface area contributed by atoms with Gasteiger partial charge in [-0.1, -0.05) is 17.7 Å². The molecule has 1 fully saturated rings. The summed E-state index contributed by atoms with van der Waals surface area (Å²) in [6.45, 7) is 4.07. The van der Waals surface area contributed by atoms with Crippen LogP contribution in [0.5, 0.6) is 5.75 Å². The molecule has 0 aliphatic heterocycles. The van der Waals surface area contributed by atoms with Gasteiger partial charge in [0, 0.05) is 11.1 Å². The monoisotopic (exact) mass is 239 g/mol. The molecule has 1 saturated carbocycles. The summed E-state index contributed by atoms with van der Waals surface area (Å²) in [6.07, 6.45) is 3.22. The fourth-order valence-corrected chi connectivity index (χ4v) is 2.77. The first-order chi connectivity index (χ1) is 7.49. The number of rotatable bonds is 2. The third-order valence-electron chi connectivity index (χ3n) is 3.55. The highest BCUT2D eigenvalue weighted by Crippen LogP contribution is 2.47. The fourth-order valence-electron chi connectivity index (χ4n) is 2.55. The maximum absolute atomic E-state index is 6.38. The second-order valence-electron chi connectivity index (χ2n) is 4.74. The number of benzene rings is 1. The van der Waals surface area contributed by atoms with Crippen molar-refractivity contribution in [2.45, 2.75) is 38.6 Å². The van der Waals surface area contributed by atoms with E-state index in [1.165, 1.54) is 12.0 Å². The highest BCUT2D eigenvalue weighted by molar-refractivity contribution is 6.33. The molecule has 0 aromatic heterocycles. The Balaban J connectivity index is 2.63. The third-order valence-corrected chi connectivity index (χ3v) is 4.02. The zero-order chi connectivity index (χ0) is 11.9. The lowest BCUT2D eigenvalue weighted by atomic mass is 9.71. The number of ether oxygens (including phenoxy) is 1. The number of methoxy groups -OCH3 is 1. The molecular formula is C13H18ClNO. The van der Waals surface area contributed by atoms with Crippen LogP contribution in [-0.4, -0.2) is 7.11 Å². The number of aryl methyl sites for hydroxylation is 2. The molecule has 0 heterocycles. The van der Waals surface area contributed by atoms with Gasteiger partial charge in [-0.15, -0.1) is 0 Å². The standard InChI is InChI=1S/C13H18ClNO/c1-8-7-9(2)11(14)12(16-3)10(8)13(15)5-4-6-13/h7H,4-6,15H2,1-3H3. The molecule has 1 aromatic rings. The van der Waals surface area contributed by atoms with E-state index in [1.54, 1.807) is 7.11 Å². The fraction of sp³-hybridized carbons (Fsp3) is 0.538. The lowest BCUT2D eigenvalue weighted by Gasteiger charge is -2.40. The Labute approximate surface area is 102 Å². The molecule has 2 rings (SSSR count). The van der Waals surface area contributed by atoms with Gasteiger partial charge in [0.25, 0.3) is 0 Å². The molecule has 0 saturated heterocycles. The van der Waals surface area contributed by atoms with E-state index in [1.807, 2.05) is 6.92 Å². The van der Waals surface area contributed by atoms with Gasteiger partial charge in [0.2, 0.25) is 0 Å². The zero-order valence-electron chi connectivity index (χ0n) is 10.1. The summed E-state index contributed by atoms with van der Waals surface area (Å²) in [5.74, 6) is 0.765. The minimum atomic E-state index is -0.229. The molecule has 0 amide bonds. The molecule has 2 N–H and O–H groups in total. The van der Waals surface area contributed by atoms with Crippen LogP contribution in [0.2, 0.25) is 5.02 Å². The summed E-state index contributed by atoms with van der Waals surface area (Å²) in [6, 6.07) is 2.09. The molecular weight excluding hydrogens is 222 g/mol. The predicted octanol–water partition coefficient (Wildman–Crippen LogP) is 3.30. The molecule has 0 atom stereocenters. The summed E-state index contributed by atoms with van der Waals surface area (Å²) in [7, 11) is 1.66. The van der Waals surface area contributed by atoms with Gasteiger partial charge in [0.05, 0.1) is 12.1 Å². The number of nitrogens with two attached hydrogens (primary N) is 1. The SMILES string of the molecule is COc1c(Cl)c(C)cc(C)c1C1(N)CCC1. The topological polar surface area (TPSA) is 35.2 Å². The van der Waals surface area contributed by atoms with Crippen molar-refractivity contribution in [1.29, 1.82) is 0 Å². The van der Waals surface area contributed by atoms with E-state index in [9.17, 15) is 0 Å². The maximum atomic E-state index is 6.38. The molecule has 1 aromatic carbocycles. The molecule has 0 bridgehead atoms. The maximum Gasteiger partial charge on any atom is 0.143 e. The normalized spacial score (nSPS) is 18.1. The summed E-state index contributed by atoms with van der Waals surface area (Å²) >= 11 is 6.28. The molecule has 1 aliphatic rings. The van der Waals surface area contributed by atoms with E-state index in [0.29, 0.717) is 5.02 Å². The summed E-state index contributed by atoms with van der Waals surface area (Å²) in [5.41, 5.74) is 9.47. The van der Waals surface area contributed by atoms with Crippen LogP contribution in [-0.2, 0) is 5.54 Å². The van der Waals surface area contributed by atoms with E-state index in [0.717, 1.165) is 29.7 Å². The zero-order valence-corrected chi connectivity index (χ0v) is 10.8. The molecule has 88 valence electrons. The van der Waals surface area contributed by atoms with Crippen LogP contribution in [0, 0.1) is 13.8 Å². The molecule has 2 nitrogen and oxygen atoms in total. The number of hydrogen-bond acceptors (Lipinski definition) is 2. The molecule has 16 heavy (non-hydrogen) atoms. The smallest absolute Gasteiger partial charge is 0.143 e. The Morgan fingerprint density at radius 1 is 1.31 bits per heavy atom. The van der Waals surface area contributed by atoms with Crippen molar-refractivity contribution in [2.75, 3.05) is 7.11 Å². The second kappa shape index (κ2) is 3.94. The Bertz CT molecular complexity index is 424. The van der Waals surface area contributed by atoms with Crippen LogP contribution in [0.15, 0.2) is 6.07 Å². The predicted molar refractivity (Wildman–Crippen MR) is 67.2 cm³/mol. The lowest BCUT2D eigenvalue weighted by molar-refractivity contribution is 0.242. The highest BCUT2D eigenvalue weighted by atomic mass is 35.5. The van der Waals surface area contributed by atoms with Crippen LogP contribution in [0.25, 0.3) is 0 Å². The average molecular weight is 240 g/mol. The van der Waals surface area contributed by atoms with Crippen molar-refractivity contribution in [3.05, 3.63) is 27.8 Å². The average Bonchev–Trinajstić information content (AvgIpc) is 2.19. The van der Waals surface area contributed by atoms with E-state index in [4.69, 9.17) is 22.1 Å². The van der Waals surface area contributed by atoms with Crippen LogP contribution < -0.4 is 10.5 Å². The Hall–Kier alpha value is -0.730. The van der Waals surface area contributed by atoms with Crippen molar-refractivity contribution >= 4 is 11.6 Å². The minimum absolute atomic E-state index is 0.229. The molecule has 0 unspecified atom stereocenters. The highest BCUT2D eigenvalue weighted by Gasteiger charge is 2.38. The van der Waals surface area contributed by atoms with Crippen molar-refractivity contribution in [3.63, 3.8) is 0 Å². The van der Waals surface area contributed by atoms with Gasteiger partial charge in [-0.2, -0.15) is 0 Å². The van der Waals surface area contributed by atoms with Crippen molar-refractivity contribution in [1.82, 2.24) is 0 Å². The number of halogens is 1. The van der Waals surface area contributed by atoms with Gasteiger partial charge in [-0.3, -0.25) is 0 Å². The summed E-state index contributed by atoms with van der Waals surface area (Å²) < 4.78 is 5.45. The first kappa shape index (κ1) is 11.7. The largest absolute Gasteiger partial charge is 0.495 e. The van der Waals surface area contributed by atoms with Gasteiger partial charge < -0.3 is 10.5 Å². The third kappa shape index (κ3) is 1.61. The van der Waals surface area contributed by atoms with Crippen LogP contribution in [0.4, 0.5) is 0 Å². The van der Waals surface area contributed by atoms with E-state index < -0.39 is 0 Å². The van der Waals surface area contributed by atoms with Crippen molar-refractivity contribution in [2.24, 2.45) is 5.73 Å². The first-order valence-corrected chi connectivity index (χ1v) is 6.00. The van der Waals surface area contributed by atoms with Gasteiger partial charge >= 0.3 is 0 Å². The summed E-state index contributed by atoms with van der Waals surface area (Å²) in [5, 5.41) is 0.694. The Kier molecular flexibility index (Phi) is 2.89. The lowest BCUT2D eigenvalue weighted by Crippen LogP contribution is -2.44. The quantitative estimate of drug-likeness (QED) is 0.860. The molecule has 1 aliphatic carbocycles. The molecule has 3 heteroatoms. The minimum Gasteiger partial charge on any atom is -0.495 e. The van der Waals surface area contributed by atoms with Crippen LogP contribution in [0.3, 0.4) is 0 Å². The van der Waals surface area contributed by atoms with E-state index >= 15 is 0 Å². The molecule has 0 spiro atoms. The van der Waals surface area contributed by atoms with Crippen LogP contribution in [0.1, 0.15) is 36.0 Å². The Morgan fingerprint density at radius 3 is 2.38 bits per heavy atom. The van der Waals surface area contributed by atoms with Gasteiger partial charge in [-0.05, 0) is 44.2 Å².